The van der Waals surface area contributed by atoms with Crippen LogP contribution in [0, 0.1) is 0 Å². The van der Waals surface area contributed by atoms with Crippen molar-refractivity contribution in [2.45, 2.75) is 31.8 Å². The molecule has 1 heterocycles. The maximum atomic E-state index is 6.15. The lowest BCUT2D eigenvalue weighted by Gasteiger charge is -2.32. The topological polar surface area (TPSA) is 9.23 Å². The van der Waals surface area contributed by atoms with Crippen molar-refractivity contribution in [1.82, 2.24) is 0 Å². The van der Waals surface area contributed by atoms with E-state index < -0.39 is 0 Å². The molecule has 0 radical (unpaired) electrons. The Hall–Kier alpha value is -1.76. The van der Waals surface area contributed by atoms with Crippen LogP contribution >= 0.6 is 0 Å². The Morgan fingerprint density at radius 2 is 1.72 bits per heavy atom. The lowest BCUT2D eigenvalue weighted by Crippen LogP contribution is -2.18. The van der Waals surface area contributed by atoms with Gasteiger partial charge < -0.3 is 4.74 Å². The molecule has 0 bridgehead atoms. The van der Waals surface area contributed by atoms with E-state index in [1.807, 2.05) is 0 Å². The second-order valence-electron chi connectivity index (χ2n) is 4.90. The lowest BCUT2D eigenvalue weighted by atomic mass is 9.86. The van der Waals surface area contributed by atoms with E-state index in [1.165, 1.54) is 17.5 Å². The average Bonchev–Trinajstić information content (AvgIpc) is 2.47. The fourth-order valence-electron chi connectivity index (χ4n) is 2.77. The van der Waals surface area contributed by atoms with Crippen LogP contribution in [0.25, 0.3) is 0 Å². The van der Waals surface area contributed by atoms with E-state index >= 15 is 0 Å². The molecule has 0 fully saturated rings. The Kier molecular flexibility index (Phi) is 3.06. The van der Waals surface area contributed by atoms with Gasteiger partial charge in [-0.05, 0) is 36.0 Å². The van der Waals surface area contributed by atoms with E-state index in [-0.39, 0.29) is 6.10 Å². The molecular weight excluding hydrogens is 220 g/mol. The van der Waals surface area contributed by atoms with Gasteiger partial charge in [0.05, 0.1) is 0 Å². The van der Waals surface area contributed by atoms with E-state index in [9.17, 15) is 0 Å². The quantitative estimate of drug-likeness (QED) is 0.736. The van der Waals surface area contributed by atoms with Gasteiger partial charge in [-0.1, -0.05) is 55.5 Å². The number of fused-ring (bicyclic) bond motifs is 1. The summed E-state index contributed by atoms with van der Waals surface area (Å²) >= 11 is 0. The molecule has 0 unspecified atom stereocenters. The Morgan fingerprint density at radius 1 is 1.00 bits per heavy atom. The Morgan fingerprint density at radius 3 is 2.50 bits per heavy atom. The molecule has 18 heavy (non-hydrogen) atoms. The number of hydrogen-bond donors (Lipinski definition) is 0. The third-order valence-electron chi connectivity index (χ3n) is 3.79. The van der Waals surface area contributed by atoms with E-state index in [4.69, 9.17) is 4.74 Å². The van der Waals surface area contributed by atoms with E-state index in [1.54, 1.807) is 0 Å². The number of ether oxygens (including phenoxy) is 1. The van der Waals surface area contributed by atoms with Crippen LogP contribution < -0.4 is 4.74 Å². The van der Waals surface area contributed by atoms with Crippen LogP contribution in [0.4, 0.5) is 0 Å². The summed E-state index contributed by atoms with van der Waals surface area (Å²) in [5.41, 5.74) is 2.65. The van der Waals surface area contributed by atoms with Crippen molar-refractivity contribution < 1.29 is 4.74 Å². The fourth-order valence-corrected chi connectivity index (χ4v) is 2.77. The molecule has 0 spiro atoms. The summed E-state index contributed by atoms with van der Waals surface area (Å²) in [6.45, 7) is 2.26. The summed E-state index contributed by atoms with van der Waals surface area (Å²) in [4.78, 5) is 0. The highest BCUT2D eigenvalue weighted by molar-refractivity contribution is 5.39. The number of rotatable bonds is 2. The molecule has 0 amide bonds. The van der Waals surface area contributed by atoms with Crippen molar-refractivity contribution in [3.8, 4) is 5.75 Å². The molecule has 1 nitrogen and oxygen atoms in total. The molecule has 0 N–H and O–H groups in total. The number of para-hydroxylation sites is 1. The highest BCUT2D eigenvalue weighted by Crippen LogP contribution is 2.43. The summed E-state index contributed by atoms with van der Waals surface area (Å²) in [6.07, 6.45) is 2.45. The van der Waals surface area contributed by atoms with Crippen molar-refractivity contribution in [2.24, 2.45) is 0 Å². The normalized spacial score (nSPS) is 22.1. The minimum atomic E-state index is 0.200. The number of hydrogen-bond acceptors (Lipinski definition) is 1. The highest BCUT2D eigenvalue weighted by atomic mass is 16.5. The molecule has 2 atom stereocenters. The van der Waals surface area contributed by atoms with Crippen molar-refractivity contribution in [3.63, 3.8) is 0 Å². The summed E-state index contributed by atoms with van der Waals surface area (Å²) in [5.74, 6) is 1.67. The second kappa shape index (κ2) is 4.85. The summed E-state index contributed by atoms with van der Waals surface area (Å²) in [6, 6.07) is 19.0. The van der Waals surface area contributed by atoms with Crippen LogP contribution in [0.3, 0.4) is 0 Å². The van der Waals surface area contributed by atoms with E-state index in [0.29, 0.717) is 5.92 Å². The van der Waals surface area contributed by atoms with E-state index in [2.05, 4.69) is 61.5 Å². The smallest absolute Gasteiger partial charge is 0.124 e. The van der Waals surface area contributed by atoms with Crippen molar-refractivity contribution >= 4 is 0 Å². The SMILES string of the molecule is CC[C@H]1C[C@H](c2ccccc2)Oc2ccccc21. The van der Waals surface area contributed by atoms with Gasteiger partial charge in [-0.2, -0.15) is 0 Å². The molecule has 1 aliphatic rings. The second-order valence-corrected chi connectivity index (χ2v) is 4.90. The number of benzene rings is 2. The summed E-state index contributed by atoms with van der Waals surface area (Å²) < 4.78 is 6.15. The van der Waals surface area contributed by atoms with Crippen LogP contribution in [0.1, 0.15) is 42.9 Å². The van der Waals surface area contributed by atoms with Crippen molar-refractivity contribution in [2.75, 3.05) is 0 Å². The summed E-state index contributed by atoms with van der Waals surface area (Å²) in [5, 5.41) is 0. The maximum absolute atomic E-state index is 6.15. The highest BCUT2D eigenvalue weighted by Gasteiger charge is 2.27. The third-order valence-corrected chi connectivity index (χ3v) is 3.79. The first kappa shape index (κ1) is 11.3. The zero-order valence-electron chi connectivity index (χ0n) is 10.7. The van der Waals surface area contributed by atoms with Crippen molar-refractivity contribution in [1.29, 1.82) is 0 Å². The van der Waals surface area contributed by atoms with Crippen LogP contribution in [0.5, 0.6) is 5.75 Å². The standard InChI is InChI=1S/C17H18O/c1-2-13-12-17(14-8-4-3-5-9-14)18-16-11-7-6-10-15(13)16/h3-11,13,17H,2,12H2,1H3/t13-,17+/m0/s1. The zero-order chi connectivity index (χ0) is 12.4. The first-order valence-corrected chi connectivity index (χ1v) is 6.69. The lowest BCUT2D eigenvalue weighted by molar-refractivity contribution is 0.159. The van der Waals surface area contributed by atoms with Crippen LogP contribution in [-0.2, 0) is 0 Å². The molecule has 0 aromatic heterocycles. The van der Waals surface area contributed by atoms with Gasteiger partial charge >= 0.3 is 0 Å². The minimum absolute atomic E-state index is 0.200. The Balaban J connectivity index is 1.95. The minimum Gasteiger partial charge on any atom is -0.485 e. The van der Waals surface area contributed by atoms with Gasteiger partial charge in [0.2, 0.25) is 0 Å². The van der Waals surface area contributed by atoms with Gasteiger partial charge in [0.25, 0.3) is 0 Å². The Labute approximate surface area is 108 Å². The molecule has 3 rings (SSSR count). The van der Waals surface area contributed by atoms with Crippen LogP contribution in [0.2, 0.25) is 0 Å². The van der Waals surface area contributed by atoms with Crippen LogP contribution in [-0.4, -0.2) is 0 Å². The first-order chi connectivity index (χ1) is 8.88. The molecule has 2 aromatic carbocycles. The predicted octanol–water partition coefficient (Wildman–Crippen LogP) is 4.70. The monoisotopic (exact) mass is 238 g/mol. The van der Waals surface area contributed by atoms with Gasteiger partial charge in [0, 0.05) is 0 Å². The van der Waals surface area contributed by atoms with E-state index in [0.717, 1.165) is 12.2 Å². The molecule has 1 aliphatic heterocycles. The molecular formula is C17H18O. The third kappa shape index (κ3) is 2.01. The molecule has 0 saturated carbocycles. The molecule has 1 heteroatoms. The first-order valence-electron chi connectivity index (χ1n) is 6.69. The fraction of sp³-hybridized carbons (Fsp3) is 0.294. The largest absolute Gasteiger partial charge is 0.485 e. The molecule has 2 aromatic rings. The average molecular weight is 238 g/mol. The van der Waals surface area contributed by atoms with Crippen molar-refractivity contribution in [3.05, 3.63) is 65.7 Å². The summed E-state index contributed by atoms with van der Waals surface area (Å²) in [7, 11) is 0. The van der Waals surface area contributed by atoms with Gasteiger partial charge in [-0.3, -0.25) is 0 Å². The van der Waals surface area contributed by atoms with Gasteiger partial charge in [0.15, 0.2) is 0 Å². The van der Waals surface area contributed by atoms with Gasteiger partial charge in [-0.25, -0.2) is 0 Å². The zero-order valence-corrected chi connectivity index (χ0v) is 10.7. The predicted molar refractivity (Wildman–Crippen MR) is 73.9 cm³/mol. The molecule has 92 valence electrons. The van der Waals surface area contributed by atoms with Crippen LogP contribution in [0.15, 0.2) is 54.6 Å². The Bertz CT molecular complexity index is 518. The van der Waals surface area contributed by atoms with Gasteiger partial charge in [0.1, 0.15) is 11.9 Å². The van der Waals surface area contributed by atoms with Gasteiger partial charge in [-0.15, -0.1) is 0 Å². The molecule has 0 saturated heterocycles. The maximum Gasteiger partial charge on any atom is 0.124 e. The molecule has 0 aliphatic carbocycles.